The second kappa shape index (κ2) is 9.97. The number of halogens is 1. The molecular weight excluding hydrogens is 397 g/mol. The quantitative estimate of drug-likeness (QED) is 0.490. The lowest BCUT2D eigenvalue weighted by atomic mass is 10.1. The van der Waals surface area contributed by atoms with Crippen molar-refractivity contribution in [3.05, 3.63) is 65.0 Å². The average molecular weight is 420 g/mol. The summed E-state index contributed by atoms with van der Waals surface area (Å²) >= 11 is 2.85. The second-order valence-electron chi connectivity index (χ2n) is 6.37. The largest absolute Gasteiger partial charge is 0.390 e. The Kier molecular flexibility index (Phi) is 7.38. The third-order valence-electron chi connectivity index (χ3n) is 4.09. The molecule has 3 aromatic rings. The van der Waals surface area contributed by atoms with Crippen molar-refractivity contribution in [3.63, 3.8) is 0 Å². The maximum absolute atomic E-state index is 13.5. The van der Waals surface area contributed by atoms with Gasteiger partial charge in [0, 0.05) is 17.0 Å². The second-order valence-corrected chi connectivity index (χ2v) is 8.61. The Morgan fingerprint density at radius 2 is 2.00 bits per heavy atom. The van der Waals surface area contributed by atoms with Gasteiger partial charge in [0.25, 0.3) is 0 Å². The molecule has 1 heterocycles. The van der Waals surface area contributed by atoms with Crippen LogP contribution < -0.4 is 5.32 Å². The molecule has 1 aromatic heterocycles. The predicted molar refractivity (Wildman–Crippen MR) is 112 cm³/mol. The fraction of sp³-hybridized carbons (Fsp3) is 0.300. The number of thioether (sulfide) groups is 1. The number of hydrogen-bond acceptors (Lipinski definition) is 7. The van der Waals surface area contributed by atoms with Crippen LogP contribution >= 0.6 is 23.1 Å². The van der Waals surface area contributed by atoms with Gasteiger partial charge in [-0.05, 0) is 43.2 Å². The Hall–Kier alpha value is -2.00. The summed E-state index contributed by atoms with van der Waals surface area (Å²) in [6.45, 7) is 4.41. The molecule has 0 aliphatic heterocycles. The number of nitrogens with one attached hydrogen (secondary N) is 1. The van der Waals surface area contributed by atoms with Crippen LogP contribution in [0.2, 0.25) is 0 Å². The predicted octanol–water partition coefficient (Wildman–Crippen LogP) is 4.71. The summed E-state index contributed by atoms with van der Waals surface area (Å²) in [6, 6.07) is 12.6. The van der Waals surface area contributed by atoms with E-state index in [1.807, 2.05) is 6.07 Å². The fourth-order valence-corrected chi connectivity index (χ4v) is 4.10. The Labute approximate surface area is 172 Å². The lowest BCUT2D eigenvalue weighted by Gasteiger charge is -2.10. The van der Waals surface area contributed by atoms with E-state index >= 15 is 0 Å². The molecule has 2 N–H and O–H groups in total. The van der Waals surface area contributed by atoms with Crippen LogP contribution in [-0.4, -0.2) is 33.8 Å². The van der Waals surface area contributed by atoms with Gasteiger partial charge in [0.05, 0.1) is 19.3 Å². The zero-order valence-electron chi connectivity index (χ0n) is 15.7. The smallest absolute Gasteiger partial charge is 0.210 e. The topological polar surface area (TPSA) is 67.3 Å². The molecule has 148 valence electrons. The molecule has 3 rings (SSSR count). The molecule has 0 radical (unpaired) electrons. The lowest BCUT2D eigenvalue weighted by Crippen LogP contribution is -2.18. The van der Waals surface area contributed by atoms with Crippen LogP contribution in [0, 0.1) is 19.7 Å². The summed E-state index contributed by atoms with van der Waals surface area (Å²) < 4.78 is 19.7. The number of anilines is 2. The van der Waals surface area contributed by atoms with Crippen LogP contribution in [-0.2, 0) is 11.3 Å². The highest BCUT2D eigenvalue weighted by Crippen LogP contribution is 2.28. The van der Waals surface area contributed by atoms with Gasteiger partial charge < -0.3 is 15.2 Å². The minimum Gasteiger partial charge on any atom is -0.390 e. The molecule has 0 saturated carbocycles. The van der Waals surface area contributed by atoms with E-state index in [0.29, 0.717) is 16.4 Å². The average Bonchev–Trinajstić information content (AvgIpc) is 3.12. The van der Waals surface area contributed by atoms with Crippen molar-refractivity contribution in [2.75, 3.05) is 17.7 Å². The minimum atomic E-state index is -0.670. The molecule has 0 amide bonds. The number of aromatic nitrogens is 2. The highest BCUT2D eigenvalue weighted by molar-refractivity contribution is 8.01. The van der Waals surface area contributed by atoms with Crippen molar-refractivity contribution < 1.29 is 14.2 Å². The van der Waals surface area contributed by atoms with Gasteiger partial charge in [-0.25, -0.2) is 4.39 Å². The highest BCUT2D eigenvalue weighted by Gasteiger charge is 2.11. The zero-order valence-corrected chi connectivity index (χ0v) is 17.3. The monoisotopic (exact) mass is 419 g/mol. The van der Waals surface area contributed by atoms with Crippen molar-refractivity contribution in [3.8, 4) is 0 Å². The van der Waals surface area contributed by atoms with Gasteiger partial charge in [0.2, 0.25) is 5.13 Å². The number of aliphatic hydroxyl groups excluding tert-OH is 1. The lowest BCUT2D eigenvalue weighted by molar-refractivity contribution is 0.0387. The van der Waals surface area contributed by atoms with Crippen molar-refractivity contribution in [1.82, 2.24) is 10.2 Å². The van der Waals surface area contributed by atoms with Crippen LogP contribution in [0.5, 0.6) is 0 Å². The first-order chi connectivity index (χ1) is 13.5. The Morgan fingerprint density at radius 3 is 2.79 bits per heavy atom. The maximum Gasteiger partial charge on any atom is 0.210 e. The number of rotatable bonds is 9. The van der Waals surface area contributed by atoms with Crippen LogP contribution in [0.25, 0.3) is 0 Å². The van der Waals surface area contributed by atoms with Crippen molar-refractivity contribution in [1.29, 1.82) is 0 Å². The summed E-state index contributed by atoms with van der Waals surface area (Å²) in [6.07, 6.45) is -0.670. The molecule has 0 saturated heterocycles. The highest BCUT2D eigenvalue weighted by atomic mass is 32.2. The molecule has 0 spiro atoms. The standard InChI is InChI=1S/C20H22FN3O2S2/c1-13-7-8-16(9-14(13)2)22-19-23-24-20(28-19)27-12-17(25)11-26-10-15-5-3-4-6-18(15)21/h3-9,17,25H,10-12H2,1-2H3,(H,22,23)/t17-/m0/s1. The van der Waals surface area contributed by atoms with E-state index in [0.717, 1.165) is 10.0 Å². The van der Waals surface area contributed by atoms with E-state index in [-0.39, 0.29) is 19.0 Å². The van der Waals surface area contributed by atoms with E-state index in [4.69, 9.17) is 4.74 Å². The number of aliphatic hydroxyl groups is 1. The molecule has 0 aliphatic rings. The SMILES string of the molecule is Cc1ccc(Nc2nnc(SC[C@@H](O)COCc3ccccc3F)s2)cc1C. The summed E-state index contributed by atoms with van der Waals surface area (Å²) in [7, 11) is 0. The van der Waals surface area contributed by atoms with Crippen LogP contribution in [0.4, 0.5) is 15.2 Å². The first-order valence-electron chi connectivity index (χ1n) is 8.81. The molecule has 0 aliphatic carbocycles. The van der Waals surface area contributed by atoms with Crippen molar-refractivity contribution >= 4 is 33.9 Å². The number of nitrogens with zero attached hydrogens (tertiary/aromatic N) is 2. The fourth-order valence-electron chi connectivity index (χ4n) is 2.40. The first kappa shape index (κ1) is 20.7. The van der Waals surface area contributed by atoms with E-state index in [2.05, 4.69) is 41.5 Å². The molecule has 5 nitrogen and oxygen atoms in total. The Morgan fingerprint density at radius 1 is 1.18 bits per heavy atom. The summed E-state index contributed by atoms with van der Waals surface area (Å²) in [5.41, 5.74) is 3.90. The van der Waals surface area contributed by atoms with Crippen LogP contribution in [0.3, 0.4) is 0 Å². The Bertz CT molecular complexity index is 920. The van der Waals surface area contributed by atoms with Gasteiger partial charge in [-0.3, -0.25) is 0 Å². The Balaban J connectivity index is 1.42. The molecule has 0 fully saturated rings. The molecule has 0 unspecified atom stereocenters. The molecular formula is C20H22FN3O2S2. The molecule has 1 atom stereocenters. The van der Waals surface area contributed by atoms with Crippen LogP contribution in [0.15, 0.2) is 46.8 Å². The van der Waals surface area contributed by atoms with E-state index in [1.54, 1.807) is 18.2 Å². The number of hydrogen-bond donors (Lipinski definition) is 2. The molecule has 8 heteroatoms. The summed E-state index contributed by atoms with van der Waals surface area (Å²) in [5.74, 6) is 0.124. The number of ether oxygens (including phenoxy) is 1. The van der Waals surface area contributed by atoms with Crippen LogP contribution in [0.1, 0.15) is 16.7 Å². The first-order valence-corrected chi connectivity index (χ1v) is 10.6. The van der Waals surface area contributed by atoms with Crippen molar-refractivity contribution in [2.24, 2.45) is 0 Å². The van der Waals surface area contributed by atoms with Gasteiger partial charge in [-0.15, -0.1) is 10.2 Å². The molecule has 2 aromatic carbocycles. The van der Waals surface area contributed by atoms with E-state index < -0.39 is 6.10 Å². The third kappa shape index (κ3) is 6.00. The minimum absolute atomic E-state index is 0.133. The molecule has 28 heavy (non-hydrogen) atoms. The van der Waals surface area contributed by atoms with Gasteiger partial charge >= 0.3 is 0 Å². The maximum atomic E-state index is 13.5. The normalized spacial score (nSPS) is 12.1. The summed E-state index contributed by atoms with van der Waals surface area (Å²) in [4.78, 5) is 0. The third-order valence-corrected chi connectivity index (χ3v) is 6.21. The van der Waals surface area contributed by atoms with Crippen molar-refractivity contribution in [2.45, 2.75) is 30.9 Å². The number of benzene rings is 2. The zero-order chi connectivity index (χ0) is 19.9. The van der Waals surface area contributed by atoms with E-state index in [9.17, 15) is 9.50 Å². The summed E-state index contributed by atoms with van der Waals surface area (Å²) in [5, 5.41) is 22.3. The van der Waals surface area contributed by atoms with Gasteiger partial charge in [0.1, 0.15) is 5.82 Å². The van der Waals surface area contributed by atoms with Gasteiger partial charge in [-0.2, -0.15) is 0 Å². The van der Waals surface area contributed by atoms with Gasteiger partial charge in [0.15, 0.2) is 4.34 Å². The van der Waals surface area contributed by atoms with Gasteiger partial charge in [-0.1, -0.05) is 47.4 Å². The van der Waals surface area contributed by atoms with E-state index in [1.165, 1.54) is 40.3 Å². The number of aryl methyl sites for hydroxylation is 2. The molecule has 0 bridgehead atoms.